The van der Waals surface area contributed by atoms with E-state index in [1.165, 1.54) is 12.1 Å². The van der Waals surface area contributed by atoms with Crippen molar-refractivity contribution in [1.29, 1.82) is 0 Å². The lowest BCUT2D eigenvalue weighted by Crippen LogP contribution is -2.61. The van der Waals surface area contributed by atoms with Gasteiger partial charge in [-0.3, -0.25) is 4.90 Å². The summed E-state index contributed by atoms with van der Waals surface area (Å²) in [5.74, 6) is -0.420. The Morgan fingerprint density at radius 1 is 1.11 bits per heavy atom. The minimum Gasteiger partial charge on any atom is -0.491 e. The first-order chi connectivity index (χ1) is 16.5. The standard InChI is InChI=1S/C24H32F2N8O/c1-23(2)13-18(14-24(3,4)33(23)5)29-21-20(26)15-27-22(31-21)30-17-10-16(25)11-19(12-17)35-9-8-34-7-6-28-32-34/h6-7,10-12,15,18H,8-9,13-14H2,1-5H3,(H2,27,29,30,31). The SMILES string of the molecule is CN1C(C)(C)CC(Nc2nc(Nc3cc(F)cc(OCCn4ccnn4)c3)ncc2F)CC1(C)C. The van der Waals surface area contributed by atoms with Crippen molar-refractivity contribution in [1.82, 2.24) is 29.9 Å². The second-order valence-corrected chi connectivity index (χ2v) is 10.1. The average molecular weight is 487 g/mol. The Hall–Kier alpha value is -3.34. The van der Waals surface area contributed by atoms with Gasteiger partial charge in [-0.25, -0.2) is 18.4 Å². The summed E-state index contributed by atoms with van der Waals surface area (Å²) in [4.78, 5) is 10.7. The summed E-state index contributed by atoms with van der Waals surface area (Å²) in [7, 11) is 2.12. The lowest BCUT2D eigenvalue weighted by Gasteiger charge is -2.53. The van der Waals surface area contributed by atoms with E-state index in [-0.39, 0.29) is 35.5 Å². The van der Waals surface area contributed by atoms with Gasteiger partial charge in [-0.1, -0.05) is 5.21 Å². The molecule has 0 saturated carbocycles. The monoisotopic (exact) mass is 486 g/mol. The van der Waals surface area contributed by atoms with Gasteiger partial charge in [-0.2, -0.15) is 4.98 Å². The summed E-state index contributed by atoms with van der Waals surface area (Å²) in [5.41, 5.74) is 0.270. The number of nitrogens with one attached hydrogen (secondary N) is 2. The Balaban J connectivity index is 1.45. The number of halogens is 2. The van der Waals surface area contributed by atoms with E-state index in [0.29, 0.717) is 18.0 Å². The van der Waals surface area contributed by atoms with Gasteiger partial charge in [0, 0.05) is 41.1 Å². The zero-order chi connectivity index (χ0) is 25.2. The summed E-state index contributed by atoms with van der Waals surface area (Å²) in [6.07, 6.45) is 6.06. The normalized spacial score (nSPS) is 17.8. The highest BCUT2D eigenvalue weighted by Gasteiger charge is 2.43. The predicted octanol–water partition coefficient (Wildman–Crippen LogP) is 4.23. The number of likely N-dealkylation sites (tertiary alicyclic amines) is 1. The maximum Gasteiger partial charge on any atom is 0.229 e. The van der Waals surface area contributed by atoms with Crippen molar-refractivity contribution in [3.63, 3.8) is 0 Å². The number of nitrogens with zero attached hydrogens (tertiary/aromatic N) is 6. The number of benzene rings is 1. The highest BCUT2D eigenvalue weighted by molar-refractivity contribution is 5.57. The summed E-state index contributed by atoms with van der Waals surface area (Å²) in [6.45, 7) is 9.49. The fourth-order valence-corrected chi connectivity index (χ4v) is 4.65. The summed E-state index contributed by atoms with van der Waals surface area (Å²) in [6, 6.07) is 4.25. The molecule has 1 aliphatic rings. The summed E-state index contributed by atoms with van der Waals surface area (Å²) < 4.78 is 36.0. The predicted molar refractivity (Wildman–Crippen MR) is 130 cm³/mol. The molecule has 1 saturated heterocycles. The van der Waals surface area contributed by atoms with Crippen molar-refractivity contribution in [2.75, 3.05) is 24.3 Å². The minimum atomic E-state index is -0.540. The third-order valence-corrected chi connectivity index (χ3v) is 6.58. The number of piperidine rings is 1. The van der Waals surface area contributed by atoms with E-state index < -0.39 is 11.6 Å². The molecule has 2 aromatic heterocycles. The number of rotatable bonds is 8. The zero-order valence-corrected chi connectivity index (χ0v) is 20.7. The van der Waals surface area contributed by atoms with Crippen LogP contribution in [0, 0.1) is 11.6 Å². The van der Waals surface area contributed by atoms with Crippen LogP contribution in [0.3, 0.4) is 0 Å². The Bertz CT molecular complexity index is 1130. The molecule has 11 heteroatoms. The molecule has 0 spiro atoms. The van der Waals surface area contributed by atoms with E-state index in [9.17, 15) is 8.78 Å². The molecule has 3 heterocycles. The fraction of sp³-hybridized carbons (Fsp3) is 0.500. The lowest BCUT2D eigenvalue weighted by molar-refractivity contribution is -0.00778. The van der Waals surface area contributed by atoms with Crippen molar-refractivity contribution < 1.29 is 13.5 Å². The molecule has 1 aliphatic heterocycles. The third-order valence-electron chi connectivity index (χ3n) is 6.58. The van der Waals surface area contributed by atoms with Gasteiger partial charge in [-0.15, -0.1) is 5.10 Å². The first kappa shape index (κ1) is 24.8. The Morgan fingerprint density at radius 2 is 1.86 bits per heavy atom. The van der Waals surface area contributed by atoms with Crippen molar-refractivity contribution in [3.05, 3.63) is 48.4 Å². The summed E-state index contributed by atoms with van der Waals surface area (Å²) >= 11 is 0. The molecule has 0 unspecified atom stereocenters. The number of anilines is 3. The number of ether oxygens (including phenoxy) is 1. The molecule has 0 aliphatic carbocycles. The van der Waals surface area contributed by atoms with Gasteiger partial charge in [0.15, 0.2) is 11.6 Å². The van der Waals surface area contributed by atoms with Crippen LogP contribution in [0.5, 0.6) is 5.75 Å². The Labute approximate surface area is 203 Å². The number of hydrogen-bond donors (Lipinski definition) is 2. The van der Waals surface area contributed by atoms with Crippen molar-refractivity contribution in [2.45, 2.75) is 64.2 Å². The number of hydrogen-bond acceptors (Lipinski definition) is 8. The first-order valence-electron chi connectivity index (χ1n) is 11.6. The van der Waals surface area contributed by atoms with E-state index in [4.69, 9.17) is 4.74 Å². The molecule has 1 fully saturated rings. The second-order valence-electron chi connectivity index (χ2n) is 10.1. The molecule has 0 amide bonds. The maximum absolute atomic E-state index is 14.6. The smallest absolute Gasteiger partial charge is 0.229 e. The maximum atomic E-state index is 14.6. The minimum absolute atomic E-state index is 0.0348. The molecule has 9 nitrogen and oxygen atoms in total. The van der Waals surface area contributed by atoms with Gasteiger partial charge in [-0.05, 0) is 53.7 Å². The fourth-order valence-electron chi connectivity index (χ4n) is 4.65. The topological polar surface area (TPSA) is 93.0 Å². The molecule has 35 heavy (non-hydrogen) atoms. The van der Waals surface area contributed by atoms with Crippen LogP contribution < -0.4 is 15.4 Å². The highest BCUT2D eigenvalue weighted by Crippen LogP contribution is 2.38. The van der Waals surface area contributed by atoms with E-state index in [1.54, 1.807) is 23.1 Å². The van der Waals surface area contributed by atoms with Crippen molar-refractivity contribution in [2.24, 2.45) is 0 Å². The van der Waals surface area contributed by atoms with Crippen LogP contribution in [0.15, 0.2) is 36.8 Å². The Kier molecular flexibility index (Phi) is 6.88. The van der Waals surface area contributed by atoms with Crippen LogP contribution in [0.1, 0.15) is 40.5 Å². The van der Waals surface area contributed by atoms with Crippen LogP contribution >= 0.6 is 0 Å². The molecule has 4 rings (SSSR count). The zero-order valence-electron chi connectivity index (χ0n) is 20.7. The van der Waals surface area contributed by atoms with E-state index >= 15 is 0 Å². The van der Waals surface area contributed by atoms with Crippen molar-refractivity contribution >= 4 is 17.5 Å². The average Bonchev–Trinajstić information content (AvgIpc) is 3.27. The van der Waals surface area contributed by atoms with Gasteiger partial charge in [0.25, 0.3) is 0 Å². The van der Waals surface area contributed by atoms with Crippen LogP contribution in [0.2, 0.25) is 0 Å². The molecule has 0 radical (unpaired) electrons. The van der Waals surface area contributed by atoms with E-state index in [2.05, 4.69) is 70.6 Å². The Morgan fingerprint density at radius 3 is 2.54 bits per heavy atom. The molecule has 2 N–H and O–H groups in total. The van der Waals surface area contributed by atoms with Crippen LogP contribution in [-0.4, -0.2) is 60.6 Å². The molecular weight excluding hydrogens is 454 g/mol. The quantitative estimate of drug-likeness (QED) is 0.489. The van der Waals surface area contributed by atoms with Gasteiger partial charge in [0.05, 0.1) is 18.9 Å². The van der Waals surface area contributed by atoms with Crippen LogP contribution in [-0.2, 0) is 6.54 Å². The van der Waals surface area contributed by atoms with Gasteiger partial charge < -0.3 is 15.4 Å². The van der Waals surface area contributed by atoms with Gasteiger partial charge >= 0.3 is 0 Å². The largest absolute Gasteiger partial charge is 0.491 e. The molecule has 0 bridgehead atoms. The molecular formula is C24H32F2N8O. The molecule has 188 valence electrons. The van der Waals surface area contributed by atoms with E-state index in [0.717, 1.165) is 19.0 Å². The molecule has 3 aromatic rings. The number of aromatic nitrogens is 5. The van der Waals surface area contributed by atoms with Crippen LogP contribution in [0.4, 0.5) is 26.2 Å². The first-order valence-corrected chi connectivity index (χ1v) is 11.6. The van der Waals surface area contributed by atoms with E-state index in [1.807, 2.05) is 0 Å². The van der Waals surface area contributed by atoms with Crippen LogP contribution in [0.25, 0.3) is 0 Å². The third kappa shape index (κ3) is 6.02. The molecule has 1 aromatic carbocycles. The van der Waals surface area contributed by atoms with Crippen molar-refractivity contribution in [3.8, 4) is 5.75 Å². The lowest BCUT2D eigenvalue weighted by atomic mass is 9.77. The van der Waals surface area contributed by atoms with Gasteiger partial charge in [0.2, 0.25) is 5.95 Å². The van der Waals surface area contributed by atoms with Gasteiger partial charge in [0.1, 0.15) is 18.2 Å². The summed E-state index contributed by atoms with van der Waals surface area (Å²) in [5, 5.41) is 13.8. The molecule has 0 atom stereocenters. The second kappa shape index (κ2) is 9.73. The highest BCUT2D eigenvalue weighted by atomic mass is 19.1.